The van der Waals surface area contributed by atoms with Crippen LogP contribution in [0.15, 0.2) is 29.2 Å². The van der Waals surface area contributed by atoms with Crippen LogP contribution < -0.4 is 34.3 Å². The molecule has 1 aromatic carbocycles. The van der Waals surface area contributed by atoms with E-state index in [1.54, 1.807) is 12.1 Å². The molecule has 68 valence electrons. The monoisotopic (exact) mass is 249 g/mol. The molecular formula is C7H8CaNNaO3S. The molecule has 7 heteroatoms. The molecule has 1 aromatic rings. The molecule has 0 fully saturated rings. The number of hydrogen-bond donors (Lipinski definition) is 1. The van der Waals surface area contributed by atoms with Crippen molar-refractivity contribution in [2.24, 2.45) is 0 Å². The zero-order valence-electron chi connectivity index (χ0n) is 10.6. The van der Waals surface area contributed by atoms with Crippen molar-refractivity contribution in [2.45, 2.75) is 4.90 Å². The molecule has 1 amide bonds. The van der Waals surface area contributed by atoms with Gasteiger partial charge in [0.1, 0.15) is 4.90 Å². The van der Waals surface area contributed by atoms with Crippen molar-refractivity contribution in [3.63, 3.8) is 0 Å². The molecule has 0 bridgehead atoms. The van der Waals surface area contributed by atoms with E-state index < -0.39 is 15.9 Å². The molecule has 1 aliphatic heterocycles. The molecule has 1 heterocycles. The summed E-state index contributed by atoms with van der Waals surface area (Å²) in [5.74, 6) is -0.550. The molecule has 0 saturated carbocycles. The van der Waals surface area contributed by atoms with Gasteiger partial charge in [-0.2, -0.15) is 0 Å². The van der Waals surface area contributed by atoms with E-state index in [1.165, 1.54) is 12.1 Å². The van der Waals surface area contributed by atoms with E-state index in [4.69, 9.17) is 0 Å². The van der Waals surface area contributed by atoms with Gasteiger partial charge in [0.15, 0.2) is 0 Å². The first-order chi connectivity index (χ1) is 5.61. The Kier molecular flexibility index (Phi) is 5.64. The van der Waals surface area contributed by atoms with E-state index in [9.17, 15) is 13.2 Å². The van der Waals surface area contributed by atoms with E-state index in [1.807, 2.05) is 4.72 Å². The van der Waals surface area contributed by atoms with E-state index >= 15 is 0 Å². The fourth-order valence-electron chi connectivity index (χ4n) is 1.12. The molecule has 0 aromatic heterocycles. The van der Waals surface area contributed by atoms with Gasteiger partial charge in [0.05, 0.1) is 5.56 Å². The Bertz CT molecular complexity index is 471. The van der Waals surface area contributed by atoms with Crippen molar-refractivity contribution < 1.29 is 47.0 Å². The second-order valence-corrected chi connectivity index (χ2v) is 4.08. The molecule has 0 unspecified atom stereocenters. The average molecular weight is 249 g/mol. The number of amides is 1. The number of carbonyl (C=O) groups excluding carboxylic acids is 1. The predicted molar refractivity (Wildman–Crippen MR) is 50.2 cm³/mol. The molecule has 0 spiro atoms. The van der Waals surface area contributed by atoms with Gasteiger partial charge in [0.25, 0.3) is 15.9 Å². The molecule has 0 radical (unpaired) electrons. The molecule has 0 aliphatic carbocycles. The topological polar surface area (TPSA) is 63.2 Å². The molecule has 1 aliphatic rings. The van der Waals surface area contributed by atoms with Crippen LogP contribution in [0.2, 0.25) is 0 Å². The van der Waals surface area contributed by atoms with E-state index in [0.717, 1.165) is 0 Å². The van der Waals surface area contributed by atoms with Crippen molar-refractivity contribution in [1.82, 2.24) is 4.72 Å². The first-order valence-corrected chi connectivity index (χ1v) is 4.76. The van der Waals surface area contributed by atoms with Gasteiger partial charge in [0.2, 0.25) is 0 Å². The standard InChI is InChI=1S/C7H5NO3S.Ca.Na.3H/c9-7-5-3-1-2-4-6(5)12(10,11)8-7;;;;;/h1-4H,(H,8,9);;;;;/q;+2;+1;3*-1. The fourth-order valence-corrected chi connectivity index (χ4v) is 2.29. The van der Waals surface area contributed by atoms with Crippen LogP contribution in [0.4, 0.5) is 0 Å². The first-order valence-electron chi connectivity index (χ1n) is 3.27. The van der Waals surface area contributed by atoms with Crippen molar-refractivity contribution in [3.05, 3.63) is 29.8 Å². The number of nitrogens with one attached hydrogen (secondary N) is 1. The van der Waals surface area contributed by atoms with Crippen LogP contribution >= 0.6 is 0 Å². The van der Waals surface area contributed by atoms with Gasteiger partial charge < -0.3 is 4.28 Å². The summed E-state index contributed by atoms with van der Waals surface area (Å²) in [5, 5.41) is 0. The van der Waals surface area contributed by atoms with Gasteiger partial charge in [0, 0.05) is 0 Å². The van der Waals surface area contributed by atoms with Gasteiger partial charge in [-0.05, 0) is 12.1 Å². The van der Waals surface area contributed by atoms with E-state index in [0.29, 0.717) is 0 Å². The van der Waals surface area contributed by atoms with Crippen LogP contribution in [0.25, 0.3) is 0 Å². The summed E-state index contributed by atoms with van der Waals surface area (Å²) < 4.78 is 24.2. The number of rotatable bonds is 0. The third-order valence-electron chi connectivity index (χ3n) is 1.65. The third-order valence-corrected chi connectivity index (χ3v) is 3.04. The Morgan fingerprint density at radius 2 is 1.79 bits per heavy atom. The number of fused-ring (bicyclic) bond motifs is 1. The van der Waals surface area contributed by atoms with Crippen LogP contribution in [-0.2, 0) is 10.0 Å². The van der Waals surface area contributed by atoms with Crippen LogP contribution in [-0.4, -0.2) is 52.1 Å². The number of sulfonamides is 1. The van der Waals surface area contributed by atoms with Crippen LogP contribution in [0.3, 0.4) is 0 Å². The molecule has 4 nitrogen and oxygen atoms in total. The molecule has 1 N–H and O–H groups in total. The Morgan fingerprint density at radius 3 is 2.36 bits per heavy atom. The predicted octanol–water partition coefficient (Wildman–Crippen LogP) is -2.92. The maximum atomic E-state index is 11.1. The SMILES string of the molecule is O=C1NS(=O)(=O)c2ccccc21.[Ca+2].[H-].[H-].[H-].[Na+]. The normalized spacial score (nSPS) is 15.9. The van der Waals surface area contributed by atoms with Gasteiger partial charge in [-0.25, -0.2) is 13.1 Å². The van der Waals surface area contributed by atoms with Crippen molar-refractivity contribution in [3.8, 4) is 0 Å². The minimum Gasteiger partial charge on any atom is -1.00 e. The van der Waals surface area contributed by atoms with E-state index in [-0.39, 0.29) is 82.0 Å². The summed E-state index contributed by atoms with van der Waals surface area (Å²) in [6.07, 6.45) is 0. The number of hydrogen-bond acceptors (Lipinski definition) is 3. The van der Waals surface area contributed by atoms with Crippen molar-refractivity contribution in [1.29, 1.82) is 0 Å². The zero-order valence-corrected chi connectivity index (χ0v) is 12.7. The maximum absolute atomic E-state index is 11.1. The summed E-state index contributed by atoms with van der Waals surface area (Å²) in [5.41, 5.74) is 0.220. The molecular weight excluding hydrogens is 241 g/mol. The van der Waals surface area contributed by atoms with Crippen LogP contribution in [0, 0.1) is 0 Å². The number of benzene rings is 1. The average Bonchev–Trinajstić information content (AvgIpc) is 2.25. The first kappa shape index (κ1) is 14.9. The second-order valence-electron chi connectivity index (χ2n) is 2.43. The Morgan fingerprint density at radius 1 is 1.21 bits per heavy atom. The Balaban J connectivity index is -0.000000169. The third kappa shape index (κ3) is 2.52. The van der Waals surface area contributed by atoms with Gasteiger partial charge in [-0.15, -0.1) is 0 Å². The Labute approximate surface area is 138 Å². The molecule has 0 saturated heterocycles. The Hall–Kier alpha value is 0.900. The molecule has 2 rings (SSSR count). The minimum atomic E-state index is -3.55. The summed E-state index contributed by atoms with van der Waals surface area (Å²) in [4.78, 5) is 11.1. The summed E-state index contributed by atoms with van der Waals surface area (Å²) >= 11 is 0. The van der Waals surface area contributed by atoms with Crippen molar-refractivity contribution in [2.75, 3.05) is 0 Å². The fraction of sp³-hybridized carbons (Fsp3) is 0. The van der Waals surface area contributed by atoms with E-state index in [2.05, 4.69) is 0 Å². The van der Waals surface area contributed by atoms with Gasteiger partial charge in [-0.1, -0.05) is 12.1 Å². The zero-order chi connectivity index (χ0) is 8.77. The molecule has 14 heavy (non-hydrogen) atoms. The van der Waals surface area contributed by atoms with Crippen LogP contribution in [0.5, 0.6) is 0 Å². The smallest absolute Gasteiger partial charge is 1.00 e. The maximum Gasteiger partial charge on any atom is 2.00 e. The largest absolute Gasteiger partial charge is 2.00 e. The number of carbonyl (C=O) groups is 1. The molecule has 0 atom stereocenters. The quantitative estimate of drug-likeness (QED) is 0.501. The van der Waals surface area contributed by atoms with Crippen molar-refractivity contribution >= 4 is 53.7 Å². The second kappa shape index (κ2) is 5.30. The van der Waals surface area contributed by atoms with Gasteiger partial charge in [-0.3, -0.25) is 4.79 Å². The minimum absolute atomic E-state index is 0. The van der Waals surface area contributed by atoms with Crippen LogP contribution in [0.1, 0.15) is 14.6 Å². The summed E-state index contributed by atoms with van der Waals surface area (Å²) in [6.45, 7) is 0. The summed E-state index contributed by atoms with van der Waals surface area (Å²) in [7, 11) is -3.55. The summed E-state index contributed by atoms with van der Waals surface area (Å²) in [6, 6.07) is 6.09. The van der Waals surface area contributed by atoms with Gasteiger partial charge >= 0.3 is 67.3 Å².